The van der Waals surface area contributed by atoms with Crippen molar-refractivity contribution in [1.29, 1.82) is 0 Å². The molecule has 0 saturated carbocycles. The highest BCUT2D eigenvalue weighted by molar-refractivity contribution is 8.26. The molecule has 0 unspecified atom stereocenters. The van der Waals surface area contributed by atoms with Gasteiger partial charge in [-0.3, -0.25) is 14.5 Å². The number of nitrogens with zero attached hydrogens (tertiary/aromatic N) is 1. The zero-order chi connectivity index (χ0) is 20.1. The fourth-order valence-electron chi connectivity index (χ4n) is 3.01. The van der Waals surface area contributed by atoms with Crippen molar-refractivity contribution in [1.82, 2.24) is 4.90 Å². The van der Waals surface area contributed by atoms with Crippen LogP contribution in [-0.4, -0.2) is 41.4 Å². The van der Waals surface area contributed by atoms with Gasteiger partial charge >= 0.3 is 5.97 Å². The molecule has 7 heteroatoms. The van der Waals surface area contributed by atoms with E-state index in [9.17, 15) is 9.59 Å². The number of fused-ring (bicyclic) bond motifs is 1. The lowest BCUT2D eigenvalue weighted by Crippen LogP contribution is -2.29. The summed E-state index contributed by atoms with van der Waals surface area (Å²) in [5.74, 6) is 0.297. The first-order valence-corrected chi connectivity index (χ1v) is 10.2. The predicted octanol–water partition coefficient (Wildman–Crippen LogP) is 4.39. The number of thiocarbonyl (C=S) groups is 1. The van der Waals surface area contributed by atoms with Crippen LogP contribution in [0.25, 0.3) is 16.8 Å². The van der Waals surface area contributed by atoms with Crippen molar-refractivity contribution in [2.45, 2.75) is 19.8 Å². The van der Waals surface area contributed by atoms with Gasteiger partial charge in [0.05, 0.1) is 18.6 Å². The smallest absolute Gasteiger partial charge is 0.305 e. The van der Waals surface area contributed by atoms with Gasteiger partial charge in [0.15, 0.2) is 0 Å². The molecule has 1 amide bonds. The molecule has 1 saturated heterocycles. The van der Waals surface area contributed by atoms with Crippen LogP contribution in [0.15, 0.2) is 41.3 Å². The molecule has 1 aliphatic heterocycles. The van der Waals surface area contributed by atoms with Crippen LogP contribution in [0.4, 0.5) is 0 Å². The van der Waals surface area contributed by atoms with E-state index in [1.54, 1.807) is 4.90 Å². The standard InChI is InChI=1S/C21H21NO4S2/c1-3-26-17-11-10-14-7-4-5-8-15(14)16(17)13-18-20(24)22(21(27)28-18)12-6-9-19(23)25-2/h4-5,7-8,10-11,13H,3,6,9,12H2,1-2H3/b18-13-. The molecule has 2 aromatic rings. The van der Waals surface area contributed by atoms with Crippen LogP contribution in [0.1, 0.15) is 25.3 Å². The van der Waals surface area contributed by atoms with E-state index in [-0.39, 0.29) is 18.3 Å². The molecule has 1 fully saturated rings. The van der Waals surface area contributed by atoms with Crippen molar-refractivity contribution in [3.05, 3.63) is 46.9 Å². The predicted molar refractivity (Wildman–Crippen MR) is 116 cm³/mol. The van der Waals surface area contributed by atoms with Gasteiger partial charge in [-0.2, -0.15) is 0 Å². The van der Waals surface area contributed by atoms with Gasteiger partial charge in [-0.15, -0.1) is 0 Å². The van der Waals surface area contributed by atoms with E-state index in [1.165, 1.54) is 18.9 Å². The Kier molecular flexibility index (Phi) is 6.70. The Morgan fingerprint density at radius 2 is 2.04 bits per heavy atom. The third kappa shape index (κ3) is 4.36. The third-order valence-corrected chi connectivity index (χ3v) is 5.75. The first-order valence-electron chi connectivity index (χ1n) is 9.02. The second kappa shape index (κ2) is 9.21. The number of thioether (sulfide) groups is 1. The minimum atomic E-state index is -0.293. The van der Waals surface area contributed by atoms with E-state index in [1.807, 2.05) is 49.4 Å². The number of hydrogen-bond donors (Lipinski definition) is 0. The molecule has 0 aliphatic carbocycles. The van der Waals surface area contributed by atoms with Crippen molar-refractivity contribution in [2.75, 3.05) is 20.3 Å². The van der Waals surface area contributed by atoms with Crippen LogP contribution in [0.3, 0.4) is 0 Å². The first-order chi connectivity index (χ1) is 13.5. The SMILES string of the molecule is CCOc1ccc2ccccc2c1/C=C1\SC(=S)N(CCCC(=O)OC)C1=O. The number of ether oxygens (including phenoxy) is 2. The first kappa shape index (κ1) is 20.4. The molecule has 1 heterocycles. The quantitative estimate of drug-likeness (QED) is 0.380. The van der Waals surface area contributed by atoms with Crippen LogP contribution in [0.5, 0.6) is 5.75 Å². The van der Waals surface area contributed by atoms with Crippen molar-refractivity contribution < 1.29 is 19.1 Å². The van der Waals surface area contributed by atoms with E-state index < -0.39 is 0 Å². The summed E-state index contributed by atoms with van der Waals surface area (Å²) in [5, 5.41) is 2.09. The molecule has 0 bridgehead atoms. The molecule has 5 nitrogen and oxygen atoms in total. The van der Waals surface area contributed by atoms with Gasteiger partial charge in [0.1, 0.15) is 10.1 Å². The number of carbonyl (C=O) groups excluding carboxylic acids is 2. The Balaban J connectivity index is 1.89. The second-order valence-electron chi connectivity index (χ2n) is 6.14. The van der Waals surface area contributed by atoms with E-state index >= 15 is 0 Å². The Morgan fingerprint density at radius 1 is 1.25 bits per heavy atom. The van der Waals surface area contributed by atoms with Gasteiger partial charge < -0.3 is 9.47 Å². The Bertz CT molecular complexity index is 955. The Morgan fingerprint density at radius 3 is 2.79 bits per heavy atom. The molecule has 0 aromatic heterocycles. The monoisotopic (exact) mass is 415 g/mol. The maximum atomic E-state index is 12.9. The fourth-order valence-corrected chi connectivity index (χ4v) is 4.30. The van der Waals surface area contributed by atoms with E-state index in [0.29, 0.717) is 28.8 Å². The van der Waals surface area contributed by atoms with Gasteiger partial charge in [0.2, 0.25) is 0 Å². The van der Waals surface area contributed by atoms with Crippen LogP contribution < -0.4 is 4.74 Å². The average molecular weight is 416 g/mol. The average Bonchev–Trinajstić information content (AvgIpc) is 2.97. The van der Waals surface area contributed by atoms with Crippen LogP contribution in [0, 0.1) is 0 Å². The molecule has 28 heavy (non-hydrogen) atoms. The topological polar surface area (TPSA) is 55.8 Å². The minimum Gasteiger partial charge on any atom is -0.493 e. The van der Waals surface area contributed by atoms with Crippen LogP contribution >= 0.6 is 24.0 Å². The molecule has 2 aromatic carbocycles. The van der Waals surface area contributed by atoms with Gasteiger partial charge in [0.25, 0.3) is 5.91 Å². The number of benzene rings is 2. The molecule has 3 rings (SSSR count). The van der Waals surface area contributed by atoms with Gasteiger partial charge in [0, 0.05) is 18.5 Å². The third-order valence-electron chi connectivity index (χ3n) is 4.37. The summed E-state index contributed by atoms with van der Waals surface area (Å²) in [6.07, 6.45) is 2.61. The summed E-state index contributed by atoms with van der Waals surface area (Å²) in [7, 11) is 1.35. The highest BCUT2D eigenvalue weighted by atomic mass is 32.2. The van der Waals surface area contributed by atoms with Crippen LogP contribution in [0.2, 0.25) is 0 Å². The molecule has 1 aliphatic rings. The van der Waals surface area contributed by atoms with Gasteiger partial charge in [-0.1, -0.05) is 54.3 Å². The summed E-state index contributed by atoms with van der Waals surface area (Å²) in [5.41, 5.74) is 0.870. The summed E-state index contributed by atoms with van der Waals surface area (Å²) in [6.45, 7) is 2.86. The van der Waals surface area contributed by atoms with Crippen molar-refractivity contribution in [3.8, 4) is 5.75 Å². The summed E-state index contributed by atoms with van der Waals surface area (Å²) in [6, 6.07) is 11.9. The number of esters is 1. The largest absolute Gasteiger partial charge is 0.493 e. The Labute approximate surface area is 173 Å². The fraction of sp³-hybridized carbons (Fsp3) is 0.286. The molecule has 0 N–H and O–H groups in total. The maximum absolute atomic E-state index is 12.9. The Hall–Kier alpha value is -2.38. The molecular weight excluding hydrogens is 394 g/mol. The lowest BCUT2D eigenvalue weighted by Gasteiger charge is -2.14. The minimum absolute atomic E-state index is 0.143. The highest BCUT2D eigenvalue weighted by Crippen LogP contribution is 2.37. The summed E-state index contributed by atoms with van der Waals surface area (Å²) in [4.78, 5) is 26.2. The number of hydrogen-bond acceptors (Lipinski definition) is 6. The van der Waals surface area contributed by atoms with Gasteiger partial charge in [-0.05, 0) is 36.3 Å². The highest BCUT2D eigenvalue weighted by Gasteiger charge is 2.32. The maximum Gasteiger partial charge on any atom is 0.305 e. The molecule has 146 valence electrons. The van der Waals surface area contributed by atoms with E-state index in [2.05, 4.69) is 4.74 Å². The summed E-state index contributed by atoms with van der Waals surface area (Å²) < 4.78 is 10.9. The zero-order valence-electron chi connectivity index (χ0n) is 15.8. The van der Waals surface area contributed by atoms with Crippen LogP contribution in [-0.2, 0) is 14.3 Å². The molecule has 0 atom stereocenters. The normalized spacial score (nSPS) is 15.5. The molecular formula is C21H21NO4S2. The molecule has 0 spiro atoms. The number of carbonyl (C=O) groups is 2. The van der Waals surface area contributed by atoms with Crippen molar-refractivity contribution in [3.63, 3.8) is 0 Å². The lowest BCUT2D eigenvalue weighted by molar-refractivity contribution is -0.141. The van der Waals surface area contributed by atoms with Gasteiger partial charge in [-0.25, -0.2) is 0 Å². The molecule has 0 radical (unpaired) electrons. The second-order valence-corrected chi connectivity index (χ2v) is 7.82. The summed E-state index contributed by atoms with van der Waals surface area (Å²) >= 11 is 6.65. The zero-order valence-corrected chi connectivity index (χ0v) is 17.4. The van der Waals surface area contributed by atoms with E-state index in [4.69, 9.17) is 17.0 Å². The number of methoxy groups -OCH3 is 1. The lowest BCUT2D eigenvalue weighted by atomic mass is 10.0. The number of rotatable bonds is 7. The van der Waals surface area contributed by atoms with E-state index in [0.717, 1.165) is 22.1 Å². The van der Waals surface area contributed by atoms with Crippen molar-refractivity contribution >= 4 is 57.0 Å². The number of amides is 1. The van der Waals surface area contributed by atoms with Crippen molar-refractivity contribution in [2.24, 2.45) is 0 Å².